The number of carbonyl (C=O) groups is 1. The van der Waals surface area contributed by atoms with Gasteiger partial charge in [-0.25, -0.2) is 13.1 Å². The number of anilines is 1. The molecule has 152 valence electrons. The van der Waals surface area contributed by atoms with E-state index < -0.39 is 10.0 Å². The molecule has 8 heteroatoms. The van der Waals surface area contributed by atoms with E-state index in [1.807, 2.05) is 39.0 Å². The Morgan fingerprint density at radius 3 is 2.54 bits per heavy atom. The van der Waals surface area contributed by atoms with E-state index in [1.165, 1.54) is 11.3 Å². The second kappa shape index (κ2) is 8.73. The first-order valence-corrected chi connectivity index (χ1v) is 11.8. The maximum Gasteiger partial charge on any atom is 0.250 e. The zero-order valence-electron chi connectivity index (χ0n) is 16.4. The van der Waals surface area contributed by atoms with E-state index >= 15 is 0 Å². The van der Waals surface area contributed by atoms with Gasteiger partial charge in [0.2, 0.25) is 15.9 Å². The highest BCUT2D eigenvalue weighted by molar-refractivity contribution is 7.91. The number of nitrogens with zero attached hydrogens (tertiary/aromatic N) is 1. The van der Waals surface area contributed by atoms with Crippen LogP contribution in [-0.2, 0) is 14.8 Å². The van der Waals surface area contributed by atoms with E-state index in [9.17, 15) is 13.2 Å². The molecular weight excluding hydrogens is 394 g/mol. The number of rotatable bonds is 6. The van der Waals surface area contributed by atoms with E-state index in [0.717, 1.165) is 16.8 Å². The number of likely N-dealkylation sites (tertiary alicyclic amines) is 1. The molecule has 2 N–H and O–H groups in total. The third-order valence-corrected chi connectivity index (χ3v) is 8.10. The molecule has 2 aromatic rings. The molecule has 0 unspecified atom stereocenters. The standard InChI is InChI=1S/C20H27N3O3S2/c1-14-6-7-18(15(2)13-14)21-20(24)16(3)23-10-8-17(9-11-23)22-28(25,26)19-5-4-12-27-19/h4-7,12-13,16-17,22H,8-11H2,1-3H3,(H,21,24)/t16-/m0/s1. The van der Waals surface area contributed by atoms with Gasteiger partial charge in [0.05, 0.1) is 6.04 Å². The first-order chi connectivity index (χ1) is 13.3. The van der Waals surface area contributed by atoms with E-state index in [2.05, 4.69) is 14.9 Å². The van der Waals surface area contributed by atoms with Crippen molar-refractivity contribution in [3.05, 3.63) is 46.8 Å². The van der Waals surface area contributed by atoms with Crippen molar-refractivity contribution in [1.29, 1.82) is 0 Å². The molecule has 2 heterocycles. The Morgan fingerprint density at radius 2 is 1.93 bits per heavy atom. The Balaban J connectivity index is 1.53. The molecule has 6 nitrogen and oxygen atoms in total. The number of hydrogen-bond donors (Lipinski definition) is 2. The van der Waals surface area contributed by atoms with E-state index in [4.69, 9.17) is 0 Å². The quantitative estimate of drug-likeness (QED) is 0.751. The zero-order valence-corrected chi connectivity index (χ0v) is 18.1. The monoisotopic (exact) mass is 421 g/mol. The van der Waals surface area contributed by atoms with Crippen molar-refractivity contribution in [1.82, 2.24) is 9.62 Å². The third-order valence-electron chi connectivity index (χ3n) is 5.18. The number of aryl methyl sites for hydroxylation is 2. The van der Waals surface area contributed by atoms with Crippen molar-refractivity contribution in [2.75, 3.05) is 18.4 Å². The summed E-state index contributed by atoms with van der Waals surface area (Å²) >= 11 is 1.22. The van der Waals surface area contributed by atoms with Gasteiger partial charge in [-0.15, -0.1) is 11.3 Å². The Bertz CT molecular complexity index is 918. The molecule has 0 aliphatic carbocycles. The number of thiophene rings is 1. The highest BCUT2D eigenvalue weighted by atomic mass is 32.2. The number of amides is 1. The molecule has 1 amide bonds. The lowest BCUT2D eigenvalue weighted by Gasteiger charge is -2.35. The Labute approximate surface area is 171 Å². The van der Waals surface area contributed by atoms with E-state index in [0.29, 0.717) is 30.1 Å². The summed E-state index contributed by atoms with van der Waals surface area (Å²) in [4.78, 5) is 14.8. The van der Waals surface area contributed by atoms with Gasteiger partial charge in [0.1, 0.15) is 4.21 Å². The minimum absolute atomic E-state index is 0.0374. The minimum atomic E-state index is -3.45. The summed E-state index contributed by atoms with van der Waals surface area (Å²) in [7, 11) is -3.45. The fourth-order valence-corrected chi connectivity index (χ4v) is 5.77. The topological polar surface area (TPSA) is 78.5 Å². The Hall–Kier alpha value is -1.74. The van der Waals surface area contributed by atoms with Crippen LogP contribution in [0.15, 0.2) is 39.9 Å². The molecule has 1 saturated heterocycles. The first-order valence-electron chi connectivity index (χ1n) is 9.44. The molecular formula is C20H27N3O3S2. The molecule has 0 spiro atoms. The molecule has 0 saturated carbocycles. The normalized spacial score (nSPS) is 17.4. The van der Waals surface area contributed by atoms with Crippen LogP contribution >= 0.6 is 11.3 Å². The first kappa shape index (κ1) is 21.0. The molecule has 1 aliphatic heterocycles. The lowest BCUT2D eigenvalue weighted by Crippen LogP contribution is -2.50. The molecule has 0 radical (unpaired) electrons. The van der Waals surface area contributed by atoms with Gasteiger partial charge < -0.3 is 5.32 Å². The zero-order chi connectivity index (χ0) is 20.3. The van der Waals surface area contributed by atoms with Crippen LogP contribution in [0.4, 0.5) is 5.69 Å². The lowest BCUT2D eigenvalue weighted by molar-refractivity contribution is -0.121. The molecule has 1 fully saturated rings. The summed E-state index contributed by atoms with van der Waals surface area (Å²) in [6.45, 7) is 7.27. The van der Waals surface area contributed by atoms with E-state index in [1.54, 1.807) is 17.5 Å². The van der Waals surface area contributed by atoms with Crippen LogP contribution < -0.4 is 10.0 Å². The van der Waals surface area contributed by atoms with E-state index in [-0.39, 0.29) is 18.0 Å². The van der Waals surface area contributed by atoms with Crippen molar-refractivity contribution in [2.45, 2.75) is 49.9 Å². The predicted octanol–water partition coefficient (Wildman–Crippen LogP) is 3.13. The highest BCUT2D eigenvalue weighted by Crippen LogP contribution is 2.21. The number of nitrogens with one attached hydrogen (secondary N) is 2. The molecule has 3 rings (SSSR count). The smallest absolute Gasteiger partial charge is 0.250 e. The van der Waals surface area contributed by atoms with Crippen LogP contribution in [0, 0.1) is 13.8 Å². The van der Waals surface area contributed by atoms with Gasteiger partial charge in [0, 0.05) is 24.8 Å². The average molecular weight is 422 g/mol. The third kappa shape index (κ3) is 5.00. The Morgan fingerprint density at radius 1 is 1.21 bits per heavy atom. The van der Waals surface area contributed by atoms with Gasteiger partial charge in [0.25, 0.3) is 0 Å². The molecule has 1 aromatic heterocycles. The van der Waals surface area contributed by atoms with Crippen LogP contribution in [0.1, 0.15) is 30.9 Å². The highest BCUT2D eigenvalue weighted by Gasteiger charge is 2.29. The van der Waals surface area contributed by atoms with Gasteiger partial charge in [-0.05, 0) is 56.7 Å². The molecule has 1 atom stereocenters. The fraction of sp³-hybridized carbons (Fsp3) is 0.450. The molecule has 1 aliphatic rings. The molecule has 28 heavy (non-hydrogen) atoms. The Kier molecular flexibility index (Phi) is 6.54. The van der Waals surface area contributed by atoms with Gasteiger partial charge >= 0.3 is 0 Å². The number of benzene rings is 1. The van der Waals surface area contributed by atoms with Crippen molar-refractivity contribution >= 4 is 33.0 Å². The van der Waals surface area contributed by atoms with Gasteiger partial charge in [-0.2, -0.15) is 0 Å². The minimum Gasteiger partial charge on any atom is -0.324 e. The number of piperidine rings is 1. The maximum absolute atomic E-state index is 12.7. The van der Waals surface area contributed by atoms with Crippen LogP contribution in [-0.4, -0.2) is 44.4 Å². The van der Waals surface area contributed by atoms with Crippen molar-refractivity contribution in [3.63, 3.8) is 0 Å². The number of sulfonamides is 1. The van der Waals surface area contributed by atoms with Crippen molar-refractivity contribution < 1.29 is 13.2 Å². The summed E-state index contributed by atoms with van der Waals surface area (Å²) < 4.78 is 27.9. The van der Waals surface area contributed by atoms with Crippen LogP contribution in [0.2, 0.25) is 0 Å². The van der Waals surface area contributed by atoms with Gasteiger partial charge in [0.15, 0.2) is 0 Å². The van der Waals surface area contributed by atoms with Gasteiger partial charge in [-0.3, -0.25) is 9.69 Å². The SMILES string of the molecule is Cc1ccc(NC(=O)[C@H](C)N2CCC(NS(=O)(=O)c3cccs3)CC2)c(C)c1. The summed E-state index contributed by atoms with van der Waals surface area (Å²) in [5.74, 6) is -0.0374. The summed E-state index contributed by atoms with van der Waals surface area (Å²) in [6.07, 6.45) is 1.37. The van der Waals surface area contributed by atoms with Crippen LogP contribution in [0.25, 0.3) is 0 Å². The molecule has 1 aromatic carbocycles. The number of hydrogen-bond acceptors (Lipinski definition) is 5. The second-order valence-electron chi connectivity index (χ2n) is 7.35. The van der Waals surface area contributed by atoms with Crippen molar-refractivity contribution in [3.8, 4) is 0 Å². The summed E-state index contributed by atoms with van der Waals surface area (Å²) in [5.41, 5.74) is 3.04. The van der Waals surface area contributed by atoms with Crippen molar-refractivity contribution in [2.24, 2.45) is 0 Å². The van der Waals surface area contributed by atoms with Crippen LogP contribution in [0.5, 0.6) is 0 Å². The fourth-order valence-electron chi connectivity index (χ4n) is 3.46. The maximum atomic E-state index is 12.7. The second-order valence-corrected chi connectivity index (χ2v) is 10.2. The summed E-state index contributed by atoms with van der Waals surface area (Å²) in [5, 5.41) is 4.77. The predicted molar refractivity (Wildman–Crippen MR) is 113 cm³/mol. The van der Waals surface area contributed by atoms with Gasteiger partial charge in [-0.1, -0.05) is 23.8 Å². The lowest BCUT2D eigenvalue weighted by atomic mass is 10.0. The average Bonchev–Trinajstić information content (AvgIpc) is 3.19. The van der Waals surface area contributed by atoms with Crippen LogP contribution in [0.3, 0.4) is 0 Å². The molecule has 0 bridgehead atoms. The largest absolute Gasteiger partial charge is 0.324 e. The summed E-state index contributed by atoms with van der Waals surface area (Å²) in [6, 6.07) is 8.94. The number of carbonyl (C=O) groups excluding carboxylic acids is 1.